The molecule has 0 spiro atoms. The number of rotatable bonds is 7. The Morgan fingerprint density at radius 3 is 2.32 bits per heavy atom. The number of pyridine rings is 1. The van der Waals surface area contributed by atoms with Gasteiger partial charge >= 0.3 is 11.8 Å². The van der Waals surface area contributed by atoms with Crippen molar-refractivity contribution in [3.63, 3.8) is 0 Å². The van der Waals surface area contributed by atoms with Gasteiger partial charge in [0.25, 0.3) is 5.91 Å². The van der Waals surface area contributed by atoms with Gasteiger partial charge in [0.15, 0.2) is 16.6 Å². The topological polar surface area (TPSA) is 246 Å². The SMILES string of the molecule is [B]C1(O)N(CC(=O)N2CC(O)C2)C(O)(O)C(O)(O)N(c2cc3c(N(C)c4nc(-c5ccc(F)cc5)c(C#N)s4)c(CC)nn3cc2F)C1(O)O. The van der Waals surface area contributed by atoms with Crippen molar-refractivity contribution in [1.82, 2.24) is 24.4 Å². The summed E-state index contributed by atoms with van der Waals surface area (Å²) in [7, 11) is 7.29. The van der Waals surface area contributed by atoms with E-state index >= 15 is 4.39 Å². The van der Waals surface area contributed by atoms with Gasteiger partial charge in [0.1, 0.15) is 30.3 Å². The zero-order valence-corrected chi connectivity index (χ0v) is 27.0. The molecule has 0 aliphatic carbocycles. The molecule has 5 heterocycles. The van der Waals surface area contributed by atoms with E-state index in [0.717, 1.165) is 26.8 Å². The van der Waals surface area contributed by atoms with Gasteiger partial charge in [0.05, 0.1) is 41.4 Å². The minimum atomic E-state index is -4.32. The Balaban J connectivity index is 1.46. The van der Waals surface area contributed by atoms with Crippen molar-refractivity contribution < 1.29 is 54.4 Å². The predicted molar refractivity (Wildman–Crippen MR) is 169 cm³/mol. The summed E-state index contributed by atoms with van der Waals surface area (Å²) in [5.41, 5.74) is -3.85. The molecule has 1 aromatic carbocycles. The van der Waals surface area contributed by atoms with Gasteiger partial charge in [-0.05, 0) is 36.8 Å². The summed E-state index contributed by atoms with van der Waals surface area (Å²) in [5.74, 6) is -15.7. The molecule has 21 heteroatoms. The number of aliphatic hydroxyl groups is 8. The lowest BCUT2D eigenvalue weighted by molar-refractivity contribution is -0.494. The standard InChI is InChI=1S/C29H29BF2N8O9S/c1-3-18-24(36(2)25-34-23(21(9-33)50-25)14-4-6-15(31)7-5-14)20-8-19(17(32)12-38(20)35-18)40-27(44,45)26(30,43)39(28(46,47)29(40,48)49)13-22(42)37-10-16(41)11-37/h4-8,12,16,41,43-49H,3,10-11,13H2,1-2H3. The number of halogens is 2. The number of hydrogen-bond donors (Lipinski definition) is 8. The quantitative estimate of drug-likeness (QED) is 0.0762. The fourth-order valence-corrected chi connectivity index (χ4v) is 6.74. The van der Waals surface area contributed by atoms with E-state index in [-0.39, 0.29) is 51.3 Å². The summed E-state index contributed by atoms with van der Waals surface area (Å²) < 4.78 is 30.5. The number of benzene rings is 1. The lowest BCUT2D eigenvalue weighted by Crippen LogP contribution is -2.91. The Morgan fingerprint density at radius 2 is 1.74 bits per heavy atom. The highest BCUT2D eigenvalue weighted by Gasteiger charge is 2.75. The van der Waals surface area contributed by atoms with Crippen LogP contribution in [0.4, 0.5) is 25.3 Å². The number of hydrogen-bond acceptors (Lipinski definition) is 16. The molecule has 2 fully saturated rings. The van der Waals surface area contributed by atoms with Crippen LogP contribution in [-0.2, 0) is 11.2 Å². The highest BCUT2D eigenvalue weighted by atomic mass is 32.1. The third kappa shape index (κ3) is 5.20. The van der Waals surface area contributed by atoms with E-state index in [2.05, 4.69) is 10.1 Å². The number of amides is 1. The average Bonchev–Trinajstić information content (AvgIpc) is 3.62. The second-order valence-corrected chi connectivity index (χ2v) is 12.8. The molecule has 6 rings (SSSR count). The number of aromatic nitrogens is 3. The molecule has 1 amide bonds. The maximum Gasteiger partial charge on any atom is 0.324 e. The van der Waals surface area contributed by atoms with Crippen molar-refractivity contribution in [3.05, 3.63) is 58.7 Å². The summed E-state index contributed by atoms with van der Waals surface area (Å²) in [4.78, 5) is 19.0. The van der Waals surface area contributed by atoms with Gasteiger partial charge in [-0.3, -0.25) is 9.69 Å². The van der Waals surface area contributed by atoms with E-state index in [1.54, 1.807) is 6.92 Å². The van der Waals surface area contributed by atoms with Gasteiger partial charge in [-0.15, -0.1) is 0 Å². The Morgan fingerprint density at radius 1 is 1.10 bits per heavy atom. The Hall–Kier alpha value is -4.34. The van der Waals surface area contributed by atoms with Gasteiger partial charge in [-0.25, -0.2) is 23.2 Å². The highest BCUT2D eigenvalue weighted by molar-refractivity contribution is 7.16. The van der Waals surface area contributed by atoms with Crippen molar-refractivity contribution in [2.75, 3.05) is 36.5 Å². The van der Waals surface area contributed by atoms with Crippen molar-refractivity contribution in [2.24, 2.45) is 0 Å². The van der Waals surface area contributed by atoms with Gasteiger partial charge in [0, 0.05) is 25.7 Å². The molecule has 17 nitrogen and oxygen atoms in total. The summed E-state index contributed by atoms with van der Waals surface area (Å²) in [6.07, 6.45) is 0.0222. The van der Waals surface area contributed by atoms with Crippen molar-refractivity contribution in [1.29, 1.82) is 5.26 Å². The summed E-state index contributed by atoms with van der Waals surface area (Å²) in [6, 6.07) is 8.15. The molecule has 0 bridgehead atoms. The maximum absolute atomic E-state index is 15.9. The van der Waals surface area contributed by atoms with Crippen molar-refractivity contribution in [2.45, 2.75) is 42.8 Å². The van der Waals surface area contributed by atoms with Crippen molar-refractivity contribution >= 4 is 47.1 Å². The number of aryl methyl sites for hydroxylation is 1. The first-order chi connectivity index (χ1) is 23.3. The van der Waals surface area contributed by atoms with E-state index in [1.807, 2.05) is 6.07 Å². The molecule has 8 N–H and O–H groups in total. The molecule has 2 aliphatic rings. The van der Waals surface area contributed by atoms with E-state index in [0.29, 0.717) is 17.5 Å². The number of fused-ring (bicyclic) bond motifs is 1. The van der Waals surface area contributed by atoms with Gasteiger partial charge < -0.3 is 50.7 Å². The molecule has 50 heavy (non-hydrogen) atoms. The number of thiazole rings is 1. The Labute approximate surface area is 286 Å². The van der Waals surface area contributed by atoms with Crippen LogP contribution in [0, 0.1) is 23.0 Å². The number of carbonyl (C=O) groups is 1. The van der Waals surface area contributed by atoms with Crippen LogP contribution in [0.15, 0.2) is 36.5 Å². The van der Waals surface area contributed by atoms with Crippen LogP contribution in [0.25, 0.3) is 16.8 Å². The molecule has 2 aliphatic heterocycles. The van der Waals surface area contributed by atoms with Gasteiger partial charge in [-0.2, -0.15) is 10.4 Å². The van der Waals surface area contributed by atoms with E-state index in [4.69, 9.17) is 7.85 Å². The average molecular weight is 714 g/mol. The molecule has 1 unspecified atom stereocenters. The minimum absolute atomic E-state index is 0.0552. The first-order valence-corrected chi connectivity index (χ1v) is 15.6. The fraction of sp³-hybridized carbons (Fsp3) is 0.379. The van der Waals surface area contributed by atoms with E-state index in [9.17, 15) is 55.3 Å². The van der Waals surface area contributed by atoms with E-state index in [1.165, 1.54) is 36.2 Å². The minimum Gasteiger partial charge on any atom is -0.389 e. The number of nitriles is 1. The van der Waals surface area contributed by atoms with Crippen LogP contribution in [-0.4, -0.2) is 135 Å². The lowest BCUT2D eigenvalue weighted by atomic mass is 9.80. The molecular weight excluding hydrogens is 685 g/mol. The number of β-amino-alcohol motifs (C(OH)–C–C–N with tert-alkyl or cyclic N) is 1. The summed E-state index contributed by atoms with van der Waals surface area (Å²) >= 11 is 0.952. The molecule has 262 valence electrons. The van der Waals surface area contributed by atoms with Crippen LogP contribution < -0.4 is 9.80 Å². The fourth-order valence-electron chi connectivity index (χ4n) is 5.89. The molecule has 1 atom stereocenters. The van der Waals surface area contributed by atoms with Crippen LogP contribution in [0.5, 0.6) is 0 Å². The number of aliphatic hydroxyl groups excluding tert-OH is 1. The van der Waals surface area contributed by atoms with Gasteiger partial charge in [-0.1, -0.05) is 18.3 Å². The molecule has 4 aromatic rings. The first kappa shape index (κ1) is 35.5. The first-order valence-electron chi connectivity index (χ1n) is 14.8. The highest BCUT2D eigenvalue weighted by Crippen LogP contribution is 2.48. The van der Waals surface area contributed by atoms with Crippen LogP contribution >= 0.6 is 11.3 Å². The molecular formula is C29H29BF2N8O9S. The second-order valence-electron chi connectivity index (χ2n) is 11.8. The zero-order valence-electron chi connectivity index (χ0n) is 26.2. The third-order valence-electron chi connectivity index (χ3n) is 8.64. The predicted octanol–water partition coefficient (Wildman–Crippen LogP) is -2.01. The number of piperazine rings is 1. The Bertz CT molecular complexity index is 2000. The summed E-state index contributed by atoms with van der Waals surface area (Å²) in [6.45, 7) is -0.0247. The zero-order chi connectivity index (χ0) is 36.7. The van der Waals surface area contributed by atoms with Crippen LogP contribution in [0.3, 0.4) is 0 Å². The molecule has 3 aromatic heterocycles. The number of nitrogens with zero attached hydrogens (tertiary/aromatic N) is 8. The number of anilines is 3. The van der Waals surface area contributed by atoms with Gasteiger partial charge in [0.2, 0.25) is 5.91 Å². The smallest absolute Gasteiger partial charge is 0.324 e. The molecule has 0 saturated carbocycles. The summed E-state index contributed by atoms with van der Waals surface area (Å²) in [5, 5.41) is 102. The number of carbonyl (C=O) groups excluding carboxylic acids is 1. The monoisotopic (exact) mass is 714 g/mol. The molecule has 2 radical (unpaired) electrons. The lowest BCUT2D eigenvalue weighted by Gasteiger charge is -2.63. The Kier molecular flexibility index (Phi) is 8.43. The molecule has 2 saturated heterocycles. The van der Waals surface area contributed by atoms with Crippen LogP contribution in [0.2, 0.25) is 0 Å². The van der Waals surface area contributed by atoms with Crippen molar-refractivity contribution in [3.8, 4) is 17.3 Å². The normalized spacial score (nSPS) is 21.7. The van der Waals surface area contributed by atoms with E-state index < -0.39 is 64.1 Å². The number of likely N-dealkylation sites (tertiary alicyclic amines) is 1. The van der Waals surface area contributed by atoms with Crippen LogP contribution in [0.1, 0.15) is 17.5 Å². The third-order valence-corrected chi connectivity index (χ3v) is 9.68. The largest absolute Gasteiger partial charge is 0.389 e. The maximum atomic E-state index is 15.9. The second kappa shape index (κ2) is 11.9.